The van der Waals surface area contributed by atoms with Gasteiger partial charge < -0.3 is 11.1 Å². The van der Waals surface area contributed by atoms with E-state index in [0.29, 0.717) is 12.6 Å². The molecule has 0 spiro atoms. The van der Waals surface area contributed by atoms with Crippen molar-refractivity contribution >= 4 is 5.69 Å². The summed E-state index contributed by atoms with van der Waals surface area (Å²) in [6.45, 7) is 4.42. The highest BCUT2D eigenvalue weighted by atomic mass is 14.9. The van der Waals surface area contributed by atoms with Crippen LogP contribution < -0.4 is 11.1 Å². The van der Waals surface area contributed by atoms with E-state index in [4.69, 9.17) is 5.73 Å². The van der Waals surface area contributed by atoms with Gasteiger partial charge in [0.1, 0.15) is 0 Å². The molecular weight excluding hydrogens is 172 g/mol. The Hall–Kier alpha value is -1.28. The van der Waals surface area contributed by atoms with Crippen molar-refractivity contribution in [1.29, 1.82) is 0 Å². The van der Waals surface area contributed by atoms with Crippen LogP contribution in [0.1, 0.15) is 17.5 Å². The topological polar surface area (TPSA) is 38.0 Å². The molecule has 0 fully saturated rings. The van der Waals surface area contributed by atoms with Crippen LogP contribution in [0.3, 0.4) is 0 Å². The Kier molecular flexibility index (Phi) is 2.55. The van der Waals surface area contributed by atoms with Crippen LogP contribution in [0.15, 0.2) is 30.9 Å². The first-order chi connectivity index (χ1) is 6.83. The number of aryl methyl sites for hydroxylation is 1. The second-order valence-corrected chi connectivity index (χ2v) is 3.72. The lowest BCUT2D eigenvalue weighted by atomic mass is 9.97. The van der Waals surface area contributed by atoms with Crippen molar-refractivity contribution in [2.45, 2.75) is 25.4 Å². The average molecular weight is 188 g/mol. The van der Waals surface area contributed by atoms with Crippen molar-refractivity contribution in [3.05, 3.63) is 42.0 Å². The van der Waals surface area contributed by atoms with Crippen LogP contribution in [0.5, 0.6) is 0 Å². The lowest BCUT2D eigenvalue weighted by molar-refractivity contribution is 0.731. The number of anilines is 1. The summed E-state index contributed by atoms with van der Waals surface area (Å²) in [6, 6.07) is 6.83. The zero-order chi connectivity index (χ0) is 9.97. The van der Waals surface area contributed by atoms with E-state index < -0.39 is 0 Å². The van der Waals surface area contributed by atoms with Gasteiger partial charge in [-0.25, -0.2) is 0 Å². The van der Waals surface area contributed by atoms with Gasteiger partial charge in [0.05, 0.1) is 0 Å². The fourth-order valence-electron chi connectivity index (χ4n) is 1.86. The number of nitrogens with one attached hydrogen (secondary N) is 1. The number of nitrogens with two attached hydrogens (primary N) is 1. The summed E-state index contributed by atoms with van der Waals surface area (Å²) in [5, 5.41) is 3.45. The number of fused-ring (bicyclic) bond motifs is 1. The minimum atomic E-state index is 0.413. The maximum atomic E-state index is 5.60. The summed E-state index contributed by atoms with van der Waals surface area (Å²) < 4.78 is 0. The Labute approximate surface area is 84.8 Å². The first-order valence-electron chi connectivity index (χ1n) is 5.04. The van der Waals surface area contributed by atoms with Crippen molar-refractivity contribution in [2.75, 3.05) is 5.32 Å². The highest BCUT2D eigenvalue weighted by molar-refractivity contribution is 5.56. The molecular formula is C12H16N2. The predicted octanol–water partition coefficient (Wildman–Crippen LogP) is 2.06. The van der Waals surface area contributed by atoms with E-state index in [1.54, 1.807) is 0 Å². The maximum absolute atomic E-state index is 5.60. The Balaban J connectivity index is 2.29. The molecule has 74 valence electrons. The first kappa shape index (κ1) is 9.28. The van der Waals surface area contributed by atoms with E-state index in [2.05, 4.69) is 30.1 Å². The van der Waals surface area contributed by atoms with Crippen LogP contribution in [0.2, 0.25) is 0 Å². The quantitative estimate of drug-likeness (QED) is 0.697. The molecule has 2 heteroatoms. The second-order valence-electron chi connectivity index (χ2n) is 3.72. The molecule has 1 aromatic carbocycles. The zero-order valence-corrected chi connectivity index (χ0v) is 8.29. The summed E-state index contributed by atoms with van der Waals surface area (Å²) in [5.41, 5.74) is 9.40. The van der Waals surface area contributed by atoms with Crippen LogP contribution >= 0.6 is 0 Å². The van der Waals surface area contributed by atoms with Gasteiger partial charge in [0.25, 0.3) is 0 Å². The minimum absolute atomic E-state index is 0.413. The first-order valence-corrected chi connectivity index (χ1v) is 5.04. The third-order valence-corrected chi connectivity index (χ3v) is 2.76. The van der Waals surface area contributed by atoms with Crippen LogP contribution in [0, 0.1) is 0 Å². The lowest BCUT2D eigenvalue weighted by Gasteiger charge is -2.25. The van der Waals surface area contributed by atoms with Crippen LogP contribution in [0.25, 0.3) is 0 Å². The van der Waals surface area contributed by atoms with Gasteiger partial charge in [-0.2, -0.15) is 0 Å². The molecule has 1 atom stereocenters. The van der Waals surface area contributed by atoms with Gasteiger partial charge in [0, 0.05) is 18.3 Å². The predicted molar refractivity (Wildman–Crippen MR) is 60.3 cm³/mol. The molecule has 1 aliphatic rings. The summed E-state index contributed by atoms with van der Waals surface area (Å²) in [7, 11) is 0. The molecule has 1 aromatic rings. The van der Waals surface area contributed by atoms with E-state index in [-0.39, 0.29) is 0 Å². The molecule has 2 nitrogen and oxygen atoms in total. The molecule has 2 rings (SSSR count). The normalized spacial score (nSPS) is 19.6. The SMILES string of the molecule is C=CC1CCc2ccc(CN)cc2N1. The van der Waals surface area contributed by atoms with Gasteiger partial charge in [-0.3, -0.25) is 0 Å². The van der Waals surface area contributed by atoms with Gasteiger partial charge >= 0.3 is 0 Å². The average Bonchev–Trinajstić information content (AvgIpc) is 2.27. The lowest BCUT2D eigenvalue weighted by Crippen LogP contribution is -2.23. The molecule has 0 saturated carbocycles. The molecule has 1 aliphatic heterocycles. The second kappa shape index (κ2) is 3.84. The maximum Gasteiger partial charge on any atom is 0.0445 e. The minimum Gasteiger partial charge on any atom is -0.379 e. The number of hydrogen-bond acceptors (Lipinski definition) is 2. The van der Waals surface area contributed by atoms with E-state index in [1.165, 1.54) is 16.8 Å². The Bertz CT molecular complexity index is 344. The highest BCUT2D eigenvalue weighted by Gasteiger charge is 2.14. The molecule has 1 unspecified atom stereocenters. The molecule has 1 heterocycles. The van der Waals surface area contributed by atoms with Crippen molar-refractivity contribution in [3.8, 4) is 0 Å². The van der Waals surface area contributed by atoms with Crippen LogP contribution in [0.4, 0.5) is 5.69 Å². The third kappa shape index (κ3) is 1.66. The van der Waals surface area contributed by atoms with Crippen LogP contribution in [-0.2, 0) is 13.0 Å². The van der Waals surface area contributed by atoms with E-state index >= 15 is 0 Å². The van der Waals surface area contributed by atoms with Crippen molar-refractivity contribution in [2.24, 2.45) is 5.73 Å². The van der Waals surface area contributed by atoms with Gasteiger partial charge in [-0.1, -0.05) is 18.2 Å². The fraction of sp³-hybridized carbons (Fsp3) is 0.333. The van der Waals surface area contributed by atoms with Crippen molar-refractivity contribution < 1.29 is 0 Å². The molecule has 0 radical (unpaired) electrons. The molecule has 0 aliphatic carbocycles. The smallest absolute Gasteiger partial charge is 0.0445 e. The molecule has 0 aromatic heterocycles. The monoisotopic (exact) mass is 188 g/mol. The van der Waals surface area contributed by atoms with Crippen molar-refractivity contribution in [3.63, 3.8) is 0 Å². The fourth-order valence-corrected chi connectivity index (χ4v) is 1.86. The standard InChI is InChI=1S/C12H16N2/c1-2-11-6-5-10-4-3-9(8-13)7-12(10)14-11/h2-4,7,11,14H,1,5-6,8,13H2. The van der Waals surface area contributed by atoms with E-state index in [0.717, 1.165) is 12.8 Å². The Morgan fingerprint density at radius 3 is 3.14 bits per heavy atom. The van der Waals surface area contributed by atoms with Gasteiger partial charge in [0.15, 0.2) is 0 Å². The van der Waals surface area contributed by atoms with Gasteiger partial charge in [0.2, 0.25) is 0 Å². The largest absolute Gasteiger partial charge is 0.379 e. The molecule has 0 amide bonds. The summed E-state index contributed by atoms with van der Waals surface area (Å²) in [6.07, 6.45) is 4.24. The van der Waals surface area contributed by atoms with Crippen molar-refractivity contribution in [1.82, 2.24) is 0 Å². The number of benzene rings is 1. The summed E-state index contributed by atoms with van der Waals surface area (Å²) in [4.78, 5) is 0. The third-order valence-electron chi connectivity index (χ3n) is 2.76. The van der Waals surface area contributed by atoms with E-state index in [1.807, 2.05) is 6.08 Å². The highest BCUT2D eigenvalue weighted by Crippen LogP contribution is 2.26. The summed E-state index contributed by atoms with van der Waals surface area (Å²) >= 11 is 0. The Morgan fingerprint density at radius 1 is 1.57 bits per heavy atom. The number of hydrogen-bond donors (Lipinski definition) is 2. The van der Waals surface area contributed by atoms with Crippen LogP contribution in [-0.4, -0.2) is 6.04 Å². The summed E-state index contributed by atoms with van der Waals surface area (Å²) in [5.74, 6) is 0. The molecule has 0 bridgehead atoms. The molecule has 14 heavy (non-hydrogen) atoms. The molecule has 3 N–H and O–H groups in total. The number of rotatable bonds is 2. The van der Waals surface area contributed by atoms with Gasteiger partial charge in [-0.15, -0.1) is 6.58 Å². The molecule has 0 saturated heterocycles. The van der Waals surface area contributed by atoms with Gasteiger partial charge in [-0.05, 0) is 30.0 Å². The Morgan fingerprint density at radius 2 is 2.43 bits per heavy atom. The van der Waals surface area contributed by atoms with E-state index in [9.17, 15) is 0 Å². The zero-order valence-electron chi connectivity index (χ0n) is 8.29.